The van der Waals surface area contributed by atoms with Crippen LogP contribution in [0.3, 0.4) is 0 Å². The normalized spacial score (nSPS) is 15.8. The third kappa shape index (κ3) is 4.25. The van der Waals surface area contributed by atoms with Gasteiger partial charge in [-0.15, -0.1) is 0 Å². The Labute approximate surface area is 169 Å². The van der Waals surface area contributed by atoms with E-state index in [1.54, 1.807) is 13.0 Å². The van der Waals surface area contributed by atoms with Crippen LogP contribution in [0.5, 0.6) is 0 Å². The standard InChI is InChI=1S/C17H18Cl2N2O4S2/c1-12-4-6-14(11-16(12)19)26(22,23)20-13-5-7-15(18)17(10-13)27(24,25)21-8-2-3-9-21/h4-7,10-11,20H,2-3,8-9H2,1H3. The summed E-state index contributed by atoms with van der Waals surface area (Å²) < 4.78 is 54.5. The maximum atomic E-state index is 12.8. The van der Waals surface area contributed by atoms with Crippen molar-refractivity contribution in [2.75, 3.05) is 17.8 Å². The summed E-state index contributed by atoms with van der Waals surface area (Å²) in [5.74, 6) is 0. The molecule has 0 saturated carbocycles. The van der Waals surface area contributed by atoms with Gasteiger partial charge in [-0.2, -0.15) is 4.31 Å². The Kier molecular flexibility index (Phi) is 5.74. The van der Waals surface area contributed by atoms with Gasteiger partial charge in [0.2, 0.25) is 10.0 Å². The molecular weight excluding hydrogens is 431 g/mol. The first kappa shape index (κ1) is 20.4. The highest BCUT2D eigenvalue weighted by atomic mass is 35.5. The van der Waals surface area contributed by atoms with Crippen molar-refractivity contribution in [2.24, 2.45) is 0 Å². The highest BCUT2D eigenvalue weighted by Crippen LogP contribution is 2.30. The minimum absolute atomic E-state index is 0.0167. The van der Waals surface area contributed by atoms with Gasteiger partial charge in [0.25, 0.3) is 10.0 Å². The van der Waals surface area contributed by atoms with E-state index in [1.165, 1.54) is 34.6 Å². The molecule has 1 N–H and O–H groups in total. The third-order valence-electron chi connectivity index (χ3n) is 4.32. The highest BCUT2D eigenvalue weighted by molar-refractivity contribution is 7.92. The molecule has 2 aromatic rings. The zero-order valence-corrected chi connectivity index (χ0v) is 17.6. The van der Waals surface area contributed by atoms with Crippen LogP contribution in [0, 0.1) is 6.92 Å². The van der Waals surface area contributed by atoms with Gasteiger partial charge in [-0.3, -0.25) is 4.72 Å². The van der Waals surface area contributed by atoms with Crippen molar-refractivity contribution in [3.8, 4) is 0 Å². The summed E-state index contributed by atoms with van der Waals surface area (Å²) in [6.45, 7) is 2.62. The number of sulfonamides is 2. The second-order valence-corrected chi connectivity index (χ2v) is 10.7. The zero-order valence-electron chi connectivity index (χ0n) is 14.4. The van der Waals surface area contributed by atoms with Gasteiger partial charge >= 0.3 is 0 Å². The van der Waals surface area contributed by atoms with E-state index in [-0.39, 0.29) is 20.5 Å². The Bertz CT molecular complexity index is 1080. The molecule has 1 heterocycles. The number of aryl methyl sites for hydroxylation is 1. The predicted octanol–water partition coefficient (Wildman–Crippen LogP) is 3.89. The Balaban J connectivity index is 1.95. The SMILES string of the molecule is Cc1ccc(S(=O)(=O)Nc2ccc(Cl)c(S(=O)(=O)N3CCCC3)c2)cc1Cl. The van der Waals surface area contributed by atoms with Crippen LogP contribution in [-0.2, 0) is 20.0 Å². The molecule has 1 fully saturated rings. The molecule has 1 aliphatic heterocycles. The van der Waals surface area contributed by atoms with E-state index in [4.69, 9.17) is 23.2 Å². The van der Waals surface area contributed by atoms with Crippen LogP contribution < -0.4 is 4.72 Å². The number of nitrogens with zero attached hydrogens (tertiary/aromatic N) is 1. The van der Waals surface area contributed by atoms with Crippen LogP contribution in [0.1, 0.15) is 18.4 Å². The molecule has 0 unspecified atom stereocenters. The van der Waals surface area contributed by atoms with Crippen LogP contribution in [0.15, 0.2) is 46.2 Å². The van der Waals surface area contributed by atoms with E-state index in [9.17, 15) is 16.8 Å². The van der Waals surface area contributed by atoms with E-state index >= 15 is 0 Å². The molecule has 1 aliphatic rings. The molecule has 0 radical (unpaired) electrons. The maximum absolute atomic E-state index is 12.8. The van der Waals surface area contributed by atoms with Crippen LogP contribution in [0.25, 0.3) is 0 Å². The Hall–Kier alpha value is -1.32. The van der Waals surface area contributed by atoms with Gasteiger partial charge in [-0.1, -0.05) is 29.3 Å². The van der Waals surface area contributed by atoms with Crippen LogP contribution in [-0.4, -0.2) is 34.2 Å². The molecule has 146 valence electrons. The number of benzene rings is 2. The first-order chi connectivity index (χ1) is 12.6. The summed E-state index contributed by atoms with van der Waals surface area (Å²) >= 11 is 12.1. The molecule has 10 heteroatoms. The molecule has 1 saturated heterocycles. The van der Waals surface area contributed by atoms with Crippen molar-refractivity contribution in [3.63, 3.8) is 0 Å². The quantitative estimate of drug-likeness (QED) is 0.751. The van der Waals surface area contributed by atoms with Gasteiger partial charge in [-0.25, -0.2) is 16.8 Å². The molecule has 0 aliphatic carbocycles. The summed E-state index contributed by atoms with van der Waals surface area (Å²) in [6, 6.07) is 8.40. The van der Waals surface area contributed by atoms with E-state index in [1.807, 2.05) is 0 Å². The Morgan fingerprint density at radius 1 is 0.926 bits per heavy atom. The van der Waals surface area contributed by atoms with Gasteiger partial charge in [0, 0.05) is 18.1 Å². The Morgan fingerprint density at radius 2 is 1.59 bits per heavy atom. The van der Waals surface area contributed by atoms with E-state index in [0.717, 1.165) is 18.4 Å². The lowest BCUT2D eigenvalue weighted by Gasteiger charge is -2.17. The molecule has 0 atom stereocenters. The highest BCUT2D eigenvalue weighted by Gasteiger charge is 2.29. The average molecular weight is 449 g/mol. The lowest BCUT2D eigenvalue weighted by Crippen LogP contribution is -2.28. The molecular formula is C17H18Cl2N2O4S2. The zero-order chi connectivity index (χ0) is 19.8. The smallest absolute Gasteiger partial charge is 0.261 e. The number of anilines is 1. The summed E-state index contributed by atoms with van der Waals surface area (Å²) in [4.78, 5) is -0.134. The fraction of sp³-hybridized carbons (Fsp3) is 0.294. The van der Waals surface area contributed by atoms with Crippen LogP contribution >= 0.6 is 23.2 Å². The van der Waals surface area contributed by atoms with Crippen molar-refractivity contribution in [1.82, 2.24) is 4.31 Å². The van der Waals surface area contributed by atoms with Gasteiger partial charge in [0.05, 0.1) is 15.6 Å². The topological polar surface area (TPSA) is 83.5 Å². The fourth-order valence-corrected chi connectivity index (χ4v) is 6.12. The predicted molar refractivity (Wildman–Crippen MR) is 106 cm³/mol. The number of hydrogen-bond donors (Lipinski definition) is 1. The molecule has 6 nitrogen and oxygen atoms in total. The van der Waals surface area contributed by atoms with E-state index in [2.05, 4.69) is 4.72 Å². The molecule has 0 bridgehead atoms. The van der Waals surface area contributed by atoms with Crippen molar-refractivity contribution >= 4 is 48.9 Å². The number of hydrogen-bond acceptors (Lipinski definition) is 4. The van der Waals surface area contributed by atoms with E-state index < -0.39 is 20.0 Å². The van der Waals surface area contributed by atoms with Crippen molar-refractivity contribution in [3.05, 3.63) is 52.0 Å². The number of rotatable bonds is 5. The first-order valence-corrected chi connectivity index (χ1v) is 11.9. The van der Waals surface area contributed by atoms with Gasteiger partial charge in [0.15, 0.2) is 0 Å². The number of nitrogens with one attached hydrogen (secondary N) is 1. The molecule has 3 rings (SSSR count). The van der Waals surface area contributed by atoms with E-state index in [0.29, 0.717) is 18.1 Å². The lowest BCUT2D eigenvalue weighted by atomic mass is 10.2. The third-order valence-corrected chi connectivity index (χ3v) is 8.49. The average Bonchev–Trinajstić information content (AvgIpc) is 3.14. The van der Waals surface area contributed by atoms with Crippen molar-refractivity contribution in [1.29, 1.82) is 0 Å². The minimum Gasteiger partial charge on any atom is -0.280 e. The lowest BCUT2D eigenvalue weighted by molar-refractivity contribution is 0.477. The summed E-state index contributed by atoms with van der Waals surface area (Å²) in [6.07, 6.45) is 1.58. The van der Waals surface area contributed by atoms with Gasteiger partial charge in [-0.05, 0) is 55.7 Å². The van der Waals surface area contributed by atoms with Crippen molar-refractivity contribution in [2.45, 2.75) is 29.6 Å². The first-order valence-electron chi connectivity index (χ1n) is 8.20. The monoisotopic (exact) mass is 448 g/mol. The number of halogens is 2. The van der Waals surface area contributed by atoms with Crippen molar-refractivity contribution < 1.29 is 16.8 Å². The molecule has 27 heavy (non-hydrogen) atoms. The Morgan fingerprint density at radius 3 is 2.22 bits per heavy atom. The maximum Gasteiger partial charge on any atom is 0.261 e. The summed E-state index contributed by atoms with van der Waals surface area (Å²) in [5, 5.41) is 0.370. The molecule has 2 aromatic carbocycles. The fourth-order valence-electron chi connectivity index (χ4n) is 2.79. The molecule has 0 amide bonds. The molecule has 0 aromatic heterocycles. The summed E-state index contributed by atoms with van der Waals surface area (Å²) in [5.41, 5.74) is 0.856. The van der Waals surface area contributed by atoms with Gasteiger partial charge < -0.3 is 0 Å². The van der Waals surface area contributed by atoms with Crippen LogP contribution in [0.4, 0.5) is 5.69 Å². The second kappa shape index (κ2) is 7.60. The largest absolute Gasteiger partial charge is 0.280 e. The van der Waals surface area contributed by atoms with Crippen LogP contribution in [0.2, 0.25) is 10.0 Å². The minimum atomic E-state index is -3.93. The molecule has 0 spiro atoms. The van der Waals surface area contributed by atoms with Gasteiger partial charge in [0.1, 0.15) is 4.90 Å². The second-order valence-electron chi connectivity index (χ2n) is 6.27. The summed E-state index contributed by atoms with van der Waals surface area (Å²) in [7, 11) is -7.71.